The van der Waals surface area contributed by atoms with Crippen molar-refractivity contribution in [2.45, 2.75) is 31.6 Å². The predicted molar refractivity (Wildman–Crippen MR) is 122 cm³/mol. The van der Waals surface area contributed by atoms with E-state index in [1.807, 2.05) is 56.9 Å². The van der Waals surface area contributed by atoms with Crippen molar-refractivity contribution in [3.05, 3.63) is 47.0 Å². The second kappa shape index (κ2) is 8.65. The molecular formula is C22H30N4O3S. The largest absolute Gasteiger partial charge is 0.372 e. The van der Waals surface area contributed by atoms with Crippen LogP contribution >= 0.6 is 0 Å². The summed E-state index contributed by atoms with van der Waals surface area (Å²) >= 11 is 0. The number of fused-ring (bicyclic) bond motifs is 1. The van der Waals surface area contributed by atoms with Gasteiger partial charge in [-0.1, -0.05) is 6.07 Å². The smallest absolute Gasteiger partial charge is 0.263 e. The van der Waals surface area contributed by atoms with Crippen molar-refractivity contribution in [3.8, 4) is 0 Å². The van der Waals surface area contributed by atoms with Gasteiger partial charge in [-0.25, -0.2) is 8.42 Å². The Balaban J connectivity index is 2.03. The zero-order valence-corrected chi connectivity index (χ0v) is 19.1. The lowest BCUT2D eigenvalue weighted by Crippen LogP contribution is -2.30. The molecule has 2 N–H and O–H groups in total. The first kappa shape index (κ1) is 22.1. The number of sulfonamides is 1. The summed E-state index contributed by atoms with van der Waals surface area (Å²) in [5.41, 5.74) is 4.74. The summed E-state index contributed by atoms with van der Waals surface area (Å²) in [5.74, 6) is -0.0479. The van der Waals surface area contributed by atoms with Gasteiger partial charge in [0.1, 0.15) is 4.90 Å². The number of hydrogen-bond donors (Lipinski definition) is 2. The summed E-state index contributed by atoms with van der Waals surface area (Å²) in [6, 6.07) is 8.98. The minimum atomic E-state index is -3.82. The fourth-order valence-electron chi connectivity index (χ4n) is 3.39. The molecule has 0 aromatic heterocycles. The maximum atomic E-state index is 13.4. The monoisotopic (exact) mass is 430 g/mol. The summed E-state index contributed by atoms with van der Waals surface area (Å²) in [5, 5.41) is 2.87. The van der Waals surface area contributed by atoms with Crippen molar-refractivity contribution in [2.24, 2.45) is 0 Å². The number of likely N-dealkylation sites (N-methyl/N-ethyl adjacent to an activating group) is 2. The van der Waals surface area contributed by atoms with E-state index in [0.29, 0.717) is 36.4 Å². The molecule has 1 amide bonds. The fourth-order valence-corrected chi connectivity index (χ4v) is 4.73. The van der Waals surface area contributed by atoms with E-state index in [2.05, 4.69) is 10.0 Å². The number of nitrogens with one attached hydrogen (secondary N) is 2. The third kappa shape index (κ3) is 4.94. The van der Waals surface area contributed by atoms with Crippen LogP contribution in [0.25, 0.3) is 0 Å². The van der Waals surface area contributed by atoms with Gasteiger partial charge in [0.05, 0.1) is 5.69 Å². The number of benzene rings is 2. The van der Waals surface area contributed by atoms with Crippen LogP contribution in [0, 0.1) is 13.8 Å². The van der Waals surface area contributed by atoms with Crippen molar-refractivity contribution in [2.75, 3.05) is 49.2 Å². The summed E-state index contributed by atoms with van der Waals surface area (Å²) in [6.07, 6.45) is 0.877. The fraction of sp³-hybridized carbons (Fsp3) is 0.409. The second-order valence-corrected chi connectivity index (χ2v) is 9.81. The zero-order chi connectivity index (χ0) is 22.1. The molecule has 162 valence electrons. The number of rotatable bonds is 7. The molecule has 0 aliphatic carbocycles. The molecule has 0 spiro atoms. The van der Waals surface area contributed by atoms with Crippen LogP contribution in [0.3, 0.4) is 0 Å². The van der Waals surface area contributed by atoms with Gasteiger partial charge < -0.3 is 15.1 Å². The van der Waals surface area contributed by atoms with Gasteiger partial charge in [-0.2, -0.15) is 0 Å². The molecule has 2 aromatic rings. The Bertz CT molecular complexity index is 1060. The van der Waals surface area contributed by atoms with Crippen molar-refractivity contribution < 1.29 is 13.2 Å². The van der Waals surface area contributed by atoms with Gasteiger partial charge >= 0.3 is 0 Å². The molecule has 3 rings (SSSR count). The van der Waals surface area contributed by atoms with Crippen LogP contribution in [0.4, 0.5) is 17.1 Å². The van der Waals surface area contributed by atoms with E-state index in [9.17, 15) is 13.2 Å². The van der Waals surface area contributed by atoms with Crippen molar-refractivity contribution in [3.63, 3.8) is 0 Å². The Labute approximate surface area is 179 Å². The van der Waals surface area contributed by atoms with Gasteiger partial charge in [-0.15, -0.1) is 0 Å². The third-order valence-electron chi connectivity index (χ3n) is 5.42. The average Bonchev–Trinajstić information content (AvgIpc) is 2.67. The Morgan fingerprint density at radius 2 is 1.73 bits per heavy atom. The lowest BCUT2D eigenvalue weighted by Gasteiger charge is -2.27. The SMILES string of the molecule is Cc1ccc(NS(=O)(=O)c2cc3c(cc2N(C)CCN(C)C)NC(=O)CC3)cc1C. The molecule has 0 fully saturated rings. The van der Waals surface area contributed by atoms with E-state index in [1.165, 1.54) is 0 Å². The third-order valence-corrected chi connectivity index (χ3v) is 6.83. The highest BCUT2D eigenvalue weighted by atomic mass is 32.2. The van der Waals surface area contributed by atoms with Crippen molar-refractivity contribution in [1.29, 1.82) is 0 Å². The lowest BCUT2D eigenvalue weighted by molar-refractivity contribution is -0.116. The van der Waals surface area contributed by atoms with Gasteiger partial charge in [0.2, 0.25) is 5.91 Å². The molecule has 1 heterocycles. The molecule has 1 aliphatic heterocycles. The highest BCUT2D eigenvalue weighted by Gasteiger charge is 2.26. The van der Waals surface area contributed by atoms with Gasteiger partial charge in [0, 0.05) is 37.9 Å². The van der Waals surface area contributed by atoms with Crippen LogP contribution in [0.15, 0.2) is 35.2 Å². The number of amides is 1. The normalized spacial score (nSPS) is 13.7. The second-order valence-electron chi connectivity index (χ2n) is 8.15. The molecule has 0 saturated heterocycles. The summed E-state index contributed by atoms with van der Waals surface area (Å²) in [4.78, 5) is 16.0. The molecule has 1 aliphatic rings. The zero-order valence-electron chi connectivity index (χ0n) is 18.2. The van der Waals surface area contributed by atoms with Gasteiger partial charge in [-0.05, 0) is 75.3 Å². The Morgan fingerprint density at radius 3 is 2.40 bits per heavy atom. The Kier molecular flexibility index (Phi) is 6.38. The number of hydrogen-bond acceptors (Lipinski definition) is 5. The first-order valence-electron chi connectivity index (χ1n) is 9.99. The first-order chi connectivity index (χ1) is 14.1. The molecule has 30 heavy (non-hydrogen) atoms. The Hall–Kier alpha value is -2.58. The topological polar surface area (TPSA) is 81.8 Å². The molecule has 0 saturated carbocycles. The van der Waals surface area contributed by atoms with Crippen LogP contribution in [0.2, 0.25) is 0 Å². The van der Waals surface area contributed by atoms with E-state index in [-0.39, 0.29) is 10.8 Å². The molecule has 0 unspecified atom stereocenters. The first-order valence-corrected chi connectivity index (χ1v) is 11.5. The van der Waals surface area contributed by atoms with Gasteiger partial charge in [0.15, 0.2) is 0 Å². The number of anilines is 3. The molecule has 2 aromatic carbocycles. The number of nitrogens with zero attached hydrogens (tertiary/aromatic N) is 2. The molecule has 0 atom stereocenters. The predicted octanol–water partition coefficient (Wildman–Crippen LogP) is 2.99. The molecule has 0 bridgehead atoms. The summed E-state index contributed by atoms with van der Waals surface area (Å²) in [6.45, 7) is 5.36. The van der Waals surface area contributed by atoms with Crippen LogP contribution in [0.5, 0.6) is 0 Å². The molecule has 8 heteroatoms. The van der Waals surface area contributed by atoms with Crippen molar-refractivity contribution in [1.82, 2.24) is 4.90 Å². The van der Waals surface area contributed by atoms with Crippen LogP contribution in [-0.4, -0.2) is 53.5 Å². The van der Waals surface area contributed by atoms with Crippen LogP contribution in [-0.2, 0) is 21.2 Å². The quantitative estimate of drug-likeness (QED) is 0.706. The minimum absolute atomic E-state index is 0.0479. The maximum Gasteiger partial charge on any atom is 0.263 e. The Morgan fingerprint density at radius 1 is 1.00 bits per heavy atom. The van der Waals surface area contributed by atoms with E-state index in [4.69, 9.17) is 0 Å². The highest BCUT2D eigenvalue weighted by molar-refractivity contribution is 7.92. The molecule has 0 radical (unpaired) electrons. The van der Waals surface area contributed by atoms with E-state index >= 15 is 0 Å². The van der Waals surface area contributed by atoms with E-state index < -0.39 is 10.0 Å². The standard InChI is InChI=1S/C22H30N4O3S/c1-15-6-8-18(12-16(15)2)24-30(28,29)21-13-17-7-9-22(27)23-19(17)14-20(21)26(5)11-10-25(3)4/h6,8,12-14,24H,7,9-11H2,1-5H3,(H,23,27). The van der Waals surface area contributed by atoms with Crippen LogP contribution in [0.1, 0.15) is 23.1 Å². The lowest BCUT2D eigenvalue weighted by atomic mass is 10.0. The number of aryl methyl sites for hydroxylation is 3. The molecule has 7 nitrogen and oxygen atoms in total. The number of carbonyl (C=O) groups is 1. The summed E-state index contributed by atoms with van der Waals surface area (Å²) in [7, 11) is 1.99. The van der Waals surface area contributed by atoms with Crippen LogP contribution < -0.4 is 14.9 Å². The van der Waals surface area contributed by atoms with Crippen molar-refractivity contribution >= 4 is 33.0 Å². The average molecular weight is 431 g/mol. The molecular weight excluding hydrogens is 400 g/mol. The maximum absolute atomic E-state index is 13.4. The summed E-state index contributed by atoms with van der Waals surface area (Å²) < 4.78 is 29.5. The highest BCUT2D eigenvalue weighted by Crippen LogP contribution is 2.35. The van der Waals surface area contributed by atoms with Gasteiger partial charge in [-0.3, -0.25) is 9.52 Å². The van der Waals surface area contributed by atoms with E-state index in [1.54, 1.807) is 18.2 Å². The number of carbonyl (C=O) groups excluding carboxylic acids is 1. The van der Waals surface area contributed by atoms with Gasteiger partial charge in [0.25, 0.3) is 10.0 Å². The van der Waals surface area contributed by atoms with E-state index in [0.717, 1.165) is 23.2 Å². The minimum Gasteiger partial charge on any atom is -0.372 e.